The van der Waals surface area contributed by atoms with Crippen molar-refractivity contribution in [1.82, 2.24) is 10.2 Å². The van der Waals surface area contributed by atoms with Gasteiger partial charge in [0.15, 0.2) is 6.10 Å². The van der Waals surface area contributed by atoms with Crippen molar-refractivity contribution < 1.29 is 19.8 Å². The molecule has 0 aliphatic rings. The van der Waals surface area contributed by atoms with Gasteiger partial charge in [0.1, 0.15) is 0 Å². The van der Waals surface area contributed by atoms with E-state index in [4.69, 9.17) is 10.2 Å². The van der Waals surface area contributed by atoms with Crippen LogP contribution in [0.25, 0.3) is 0 Å². The van der Waals surface area contributed by atoms with E-state index in [-0.39, 0.29) is 19.0 Å². The molecule has 0 saturated heterocycles. The first-order chi connectivity index (χ1) is 7.34. The third-order valence-corrected chi connectivity index (χ3v) is 1.83. The lowest BCUT2D eigenvalue weighted by Gasteiger charge is -2.18. The van der Waals surface area contributed by atoms with Gasteiger partial charge in [-0.2, -0.15) is 0 Å². The van der Waals surface area contributed by atoms with Crippen molar-refractivity contribution in [3.05, 3.63) is 12.2 Å². The number of carboxylic acid groups (broad SMARTS) is 1. The predicted molar refractivity (Wildman–Crippen MR) is 59.1 cm³/mol. The summed E-state index contributed by atoms with van der Waals surface area (Å²) in [5, 5.41) is 19.8. The van der Waals surface area contributed by atoms with Gasteiger partial charge in [-0.15, -0.1) is 0 Å². The number of amides is 2. The van der Waals surface area contributed by atoms with Crippen molar-refractivity contribution in [1.29, 1.82) is 0 Å². The van der Waals surface area contributed by atoms with Gasteiger partial charge >= 0.3 is 12.0 Å². The fourth-order valence-electron chi connectivity index (χ4n) is 1.05. The number of likely N-dealkylation sites (N-methyl/N-ethyl adjacent to an activating group) is 1. The van der Waals surface area contributed by atoms with Crippen LogP contribution in [0.1, 0.15) is 13.3 Å². The van der Waals surface area contributed by atoms with Crippen molar-refractivity contribution >= 4 is 12.0 Å². The van der Waals surface area contributed by atoms with E-state index < -0.39 is 12.1 Å². The standard InChI is InChI=1S/C10H18N2O4/c1-7(2)6-12(3)10(16)11-5-4-8(13)9(14)15/h8,13H,1,4-6H2,2-3H3,(H,11,16)(H,14,15)/t8-/m0/s1. The molecule has 0 aliphatic carbocycles. The molecule has 0 aromatic heterocycles. The first kappa shape index (κ1) is 14.4. The Kier molecular flexibility index (Phi) is 6.17. The van der Waals surface area contributed by atoms with Crippen molar-refractivity contribution in [3.63, 3.8) is 0 Å². The number of carboxylic acids is 1. The molecule has 6 heteroatoms. The average molecular weight is 230 g/mol. The summed E-state index contributed by atoms with van der Waals surface area (Å²) >= 11 is 0. The molecular weight excluding hydrogens is 212 g/mol. The van der Waals surface area contributed by atoms with Crippen LogP contribution >= 0.6 is 0 Å². The summed E-state index contributed by atoms with van der Waals surface area (Å²) in [4.78, 5) is 23.1. The molecule has 92 valence electrons. The predicted octanol–water partition coefficient (Wildman–Crippen LogP) is 0.0395. The van der Waals surface area contributed by atoms with Crippen LogP contribution in [0.4, 0.5) is 4.79 Å². The van der Waals surface area contributed by atoms with E-state index >= 15 is 0 Å². The van der Waals surface area contributed by atoms with Crippen LogP contribution in [-0.4, -0.2) is 53.4 Å². The number of aliphatic hydroxyl groups is 1. The quantitative estimate of drug-likeness (QED) is 0.562. The van der Waals surface area contributed by atoms with Crippen molar-refractivity contribution in [2.75, 3.05) is 20.1 Å². The molecule has 0 radical (unpaired) electrons. The summed E-state index contributed by atoms with van der Waals surface area (Å²) in [6.45, 7) is 6.03. The van der Waals surface area contributed by atoms with Crippen molar-refractivity contribution in [3.8, 4) is 0 Å². The molecule has 0 aromatic carbocycles. The molecule has 0 heterocycles. The lowest BCUT2D eigenvalue weighted by molar-refractivity contribution is -0.146. The molecule has 0 aliphatic heterocycles. The highest BCUT2D eigenvalue weighted by Gasteiger charge is 2.13. The molecule has 0 bridgehead atoms. The lowest BCUT2D eigenvalue weighted by atomic mass is 10.2. The Balaban J connectivity index is 3.81. The number of aliphatic hydroxyl groups excluding tert-OH is 1. The molecular formula is C10H18N2O4. The Morgan fingerprint density at radius 2 is 2.06 bits per heavy atom. The number of rotatable bonds is 6. The van der Waals surface area contributed by atoms with Gasteiger partial charge in [-0.25, -0.2) is 9.59 Å². The molecule has 0 aromatic rings. The second-order valence-corrected chi connectivity index (χ2v) is 3.69. The molecule has 6 nitrogen and oxygen atoms in total. The van der Waals surface area contributed by atoms with Crippen LogP contribution in [-0.2, 0) is 4.79 Å². The van der Waals surface area contributed by atoms with Gasteiger partial charge in [-0.1, -0.05) is 12.2 Å². The van der Waals surface area contributed by atoms with E-state index in [0.717, 1.165) is 5.57 Å². The number of urea groups is 1. The number of hydrogen-bond acceptors (Lipinski definition) is 3. The largest absolute Gasteiger partial charge is 0.479 e. The molecule has 1 atom stereocenters. The highest BCUT2D eigenvalue weighted by molar-refractivity contribution is 5.74. The Bertz CT molecular complexity index is 278. The third-order valence-electron chi connectivity index (χ3n) is 1.83. The first-order valence-electron chi connectivity index (χ1n) is 4.88. The summed E-state index contributed by atoms with van der Waals surface area (Å²) in [6.07, 6.45) is -1.45. The van der Waals surface area contributed by atoms with Gasteiger partial charge in [0.25, 0.3) is 0 Å². The highest BCUT2D eigenvalue weighted by atomic mass is 16.4. The fraction of sp³-hybridized carbons (Fsp3) is 0.600. The maximum absolute atomic E-state index is 11.4. The van der Waals surface area contributed by atoms with Gasteiger partial charge in [-0.3, -0.25) is 0 Å². The minimum Gasteiger partial charge on any atom is -0.479 e. The molecule has 0 saturated carbocycles. The van der Waals surface area contributed by atoms with Crippen LogP contribution in [0.15, 0.2) is 12.2 Å². The molecule has 0 fully saturated rings. The molecule has 0 unspecified atom stereocenters. The van der Waals surface area contributed by atoms with E-state index in [1.54, 1.807) is 14.0 Å². The number of carbonyl (C=O) groups is 2. The average Bonchev–Trinajstić information content (AvgIpc) is 2.15. The second kappa shape index (κ2) is 6.84. The lowest BCUT2D eigenvalue weighted by Crippen LogP contribution is -2.39. The second-order valence-electron chi connectivity index (χ2n) is 3.69. The van der Waals surface area contributed by atoms with E-state index in [1.165, 1.54) is 4.90 Å². The minimum absolute atomic E-state index is 0.0119. The Morgan fingerprint density at radius 1 is 1.50 bits per heavy atom. The Morgan fingerprint density at radius 3 is 2.50 bits per heavy atom. The summed E-state index contributed by atoms with van der Waals surface area (Å²) in [5.74, 6) is -1.29. The SMILES string of the molecule is C=C(C)CN(C)C(=O)NCC[C@H](O)C(=O)O. The number of nitrogens with one attached hydrogen (secondary N) is 1. The zero-order valence-corrected chi connectivity index (χ0v) is 9.56. The first-order valence-corrected chi connectivity index (χ1v) is 4.88. The summed E-state index contributed by atoms with van der Waals surface area (Å²) in [7, 11) is 1.61. The monoisotopic (exact) mass is 230 g/mol. The number of aliphatic carboxylic acids is 1. The zero-order valence-electron chi connectivity index (χ0n) is 9.56. The molecule has 3 N–H and O–H groups in total. The highest BCUT2D eigenvalue weighted by Crippen LogP contribution is 1.94. The summed E-state index contributed by atoms with van der Waals surface area (Å²) in [6, 6.07) is -0.319. The van der Waals surface area contributed by atoms with Crippen LogP contribution in [0.2, 0.25) is 0 Å². The van der Waals surface area contributed by atoms with E-state index in [9.17, 15) is 9.59 Å². The topological polar surface area (TPSA) is 89.9 Å². The summed E-state index contributed by atoms with van der Waals surface area (Å²) in [5.41, 5.74) is 0.850. The van der Waals surface area contributed by atoms with Crippen LogP contribution in [0, 0.1) is 0 Å². The van der Waals surface area contributed by atoms with Gasteiger partial charge in [0.2, 0.25) is 0 Å². The van der Waals surface area contributed by atoms with Gasteiger partial charge in [-0.05, 0) is 6.92 Å². The maximum atomic E-state index is 11.4. The summed E-state index contributed by atoms with van der Waals surface area (Å²) < 4.78 is 0. The van der Waals surface area contributed by atoms with Gasteiger partial charge in [0.05, 0.1) is 0 Å². The van der Waals surface area contributed by atoms with Crippen molar-refractivity contribution in [2.24, 2.45) is 0 Å². The van der Waals surface area contributed by atoms with E-state index in [1.807, 2.05) is 0 Å². The van der Waals surface area contributed by atoms with E-state index in [2.05, 4.69) is 11.9 Å². The normalized spacial score (nSPS) is 11.7. The molecule has 16 heavy (non-hydrogen) atoms. The van der Waals surface area contributed by atoms with Crippen LogP contribution in [0.3, 0.4) is 0 Å². The number of hydrogen-bond donors (Lipinski definition) is 3. The number of nitrogens with zero attached hydrogens (tertiary/aromatic N) is 1. The van der Waals surface area contributed by atoms with Crippen LogP contribution < -0.4 is 5.32 Å². The van der Waals surface area contributed by atoms with E-state index in [0.29, 0.717) is 6.54 Å². The minimum atomic E-state index is -1.44. The maximum Gasteiger partial charge on any atom is 0.332 e. The van der Waals surface area contributed by atoms with Crippen molar-refractivity contribution in [2.45, 2.75) is 19.4 Å². The Hall–Kier alpha value is -1.56. The number of carbonyl (C=O) groups excluding carboxylic acids is 1. The third kappa shape index (κ3) is 6.02. The smallest absolute Gasteiger partial charge is 0.332 e. The van der Waals surface area contributed by atoms with Gasteiger partial charge < -0.3 is 20.4 Å². The molecule has 2 amide bonds. The Labute approximate surface area is 94.6 Å². The molecule has 0 rings (SSSR count). The zero-order chi connectivity index (χ0) is 12.7. The molecule has 0 spiro atoms. The van der Waals surface area contributed by atoms with Gasteiger partial charge in [0, 0.05) is 26.6 Å². The van der Waals surface area contributed by atoms with Crippen LogP contribution in [0.5, 0.6) is 0 Å². The fourth-order valence-corrected chi connectivity index (χ4v) is 1.05.